The summed E-state index contributed by atoms with van der Waals surface area (Å²) >= 11 is 0. The van der Waals surface area contributed by atoms with E-state index in [1.165, 1.54) is 15.9 Å². The van der Waals surface area contributed by atoms with Crippen LogP contribution in [0.3, 0.4) is 0 Å². The molecule has 3 rings (SSSR count). The van der Waals surface area contributed by atoms with E-state index in [2.05, 4.69) is 105 Å². The van der Waals surface area contributed by atoms with Crippen molar-refractivity contribution in [3.63, 3.8) is 0 Å². The Morgan fingerprint density at radius 3 is 0.958 bits per heavy atom. The lowest BCUT2D eigenvalue weighted by Crippen LogP contribution is -2.36. The van der Waals surface area contributed by atoms with E-state index in [0.29, 0.717) is 5.66 Å². The number of rotatable bonds is 4. The normalized spacial score (nSPS) is 10.9. The molecule has 0 aliphatic carbocycles. The molecule has 0 atom stereocenters. The average molecular weight is 335 g/mol. The highest BCUT2D eigenvalue weighted by molar-refractivity contribution is 7.96. The van der Waals surface area contributed by atoms with Crippen LogP contribution in [0.25, 0.3) is 0 Å². The molecule has 0 spiro atoms. The first-order valence-electron chi connectivity index (χ1n) is 8.82. The van der Waals surface area contributed by atoms with E-state index in [4.69, 9.17) is 0 Å². The van der Waals surface area contributed by atoms with Gasteiger partial charge in [0.25, 0.3) is 0 Å². The Kier molecular flexibility index (Phi) is 6.76. The van der Waals surface area contributed by atoms with Crippen molar-refractivity contribution in [3.05, 3.63) is 91.0 Å². The summed E-state index contributed by atoms with van der Waals surface area (Å²) in [4.78, 5) is 0. The minimum atomic E-state index is -1.63. The van der Waals surface area contributed by atoms with Gasteiger partial charge in [-0.25, -0.2) is 0 Å². The van der Waals surface area contributed by atoms with Crippen molar-refractivity contribution in [3.8, 4) is 0 Å². The third kappa shape index (κ3) is 3.45. The van der Waals surface area contributed by atoms with Crippen molar-refractivity contribution in [2.24, 2.45) is 0 Å². The third-order valence-electron chi connectivity index (χ3n) is 4.26. The first kappa shape index (κ1) is 18.4. The molecule has 0 saturated carbocycles. The van der Waals surface area contributed by atoms with Crippen LogP contribution in [0.5, 0.6) is 0 Å². The van der Waals surface area contributed by atoms with Gasteiger partial charge >= 0.3 is 0 Å². The summed E-state index contributed by atoms with van der Waals surface area (Å²) in [6.07, 6.45) is 0. The van der Waals surface area contributed by atoms with E-state index in [1.54, 1.807) is 0 Å². The van der Waals surface area contributed by atoms with Crippen molar-refractivity contribution < 1.29 is 0 Å². The van der Waals surface area contributed by atoms with Crippen LogP contribution >= 0.6 is 7.26 Å². The molecule has 0 unspecified atom stereocenters. The summed E-state index contributed by atoms with van der Waals surface area (Å²) < 4.78 is 0. The molecule has 0 aromatic heterocycles. The van der Waals surface area contributed by atoms with Gasteiger partial charge in [0.15, 0.2) is 0 Å². The van der Waals surface area contributed by atoms with Crippen LogP contribution in [0.15, 0.2) is 91.0 Å². The van der Waals surface area contributed by atoms with E-state index in [1.807, 2.05) is 13.8 Å². The van der Waals surface area contributed by atoms with Crippen molar-refractivity contribution in [2.45, 2.75) is 33.4 Å². The van der Waals surface area contributed by atoms with E-state index in [9.17, 15) is 0 Å². The van der Waals surface area contributed by atoms with Gasteiger partial charge in [-0.2, -0.15) is 0 Å². The van der Waals surface area contributed by atoms with Crippen LogP contribution in [0.4, 0.5) is 0 Å². The van der Waals surface area contributed by atoms with Crippen LogP contribution < -0.4 is 15.9 Å². The minimum absolute atomic E-state index is 0.555. The van der Waals surface area contributed by atoms with Gasteiger partial charge in [0.05, 0.1) is 5.66 Å². The van der Waals surface area contributed by atoms with Crippen molar-refractivity contribution in [2.75, 3.05) is 0 Å². The third-order valence-corrected chi connectivity index (χ3v) is 9.15. The Morgan fingerprint density at radius 1 is 0.500 bits per heavy atom. The Labute approximate surface area is 147 Å². The van der Waals surface area contributed by atoms with E-state index >= 15 is 0 Å². The molecule has 24 heavy (non-hydrogen) atoms. The molecule has 0 aliphatic rings. The van der Waals surface area contributed by atoms with Gasteiger partial charge in [-0.15, -0.1) is 0 Å². The van der Waals surface area contributed by atoms with E-state index in [0.717, 1.165) is 0 Å². The monoisotopic (exact) mass is 335 g/mol. The first-order chi connectivity index (χ1) is 11.8. The standard InChI is InChI=1S/C21H22P.C2H6/c1-18(2)22(19-12-6-3-7-13-19,20-14-8-4-9-15-20)21-16-10-5-11-17-21;1-2/h3-18H,1-2H3;1-2H3/q+1;. The van der Waals surface area contributed by atoms with Gasteiger partial charge < -0.3 is 0 Å². The fraction of sp³-hybridized carbons (Fsp3) is 0.217. The Morgan fingerprint density at radius 2 is 0.750 bits per heavy atom. The predicted molar refractivity (Wildman–Crippen MR) is 112 cm³/mol. The summed E-state index contributed by atoms with van der Waals surface area (Å²) in [7, 11) is -1.63. The maximum atomic E-state index is 2.36. The predicted octanol–water partition coefficient (Wildman–Crippen LogP) is 5.42. The van der Waals surface area contributed by atoms with Crippen molar-refractivity contribution >= 4 is 23.2 Å². The molecule has 124 valence electrons. The van der Waals surface area contributed by atoms with Gasteiger partial charge in [-0.3, -0.25) is 0 Å². The minimum Gasteiger partial charge on any atom is -0.0683 e. The molecular weight excluding hydrogens is 307 g/mol. The van der Waals surface area contributed by atoms with Gasteiger partial charge in [0, 0.05) is 0 Å². The lowest BCUT2D eigenvalue weighted by atomic mass is 10.3. The lowest BCUT2D eigenvalue weighted by Gasteiger charge is -2.31. The zero-order valence-electron chi connectivity index (χ0n) is 15.2. The molecule has 0 saturated heterocycles. The second-order valence-corrected chi connectivity index (χ2v) is 9.85. The topological polar surface area (TPSA) is 0 Å². The maximum Gasteiger partial charge on any atom is 0.114 e. The molecule has 0 nitrogen and oxygen atoms in total. The van der Waals surface area contributed by atoms with Crippen molar-refractivity contribution in [1.29, 1.82) is 0 Å². The molecule has 1 heteroatoms. The van der Waals surface area contributed by atoms with Crippen LogP contribution in [0.1, 0.15) is 27.7 Å². The van der Waals surface area contributed by atoms with Crippen LogP contribution in [0, 0.1) is 0 Å². The molecule has 0 radical (unpaired) electrons. The highest BCUT2D eigenvalue weighted by Gasteiger charge is 2.48. The van der Waals surface area contributed by atoms with E-state index < -0.39 is 7.26 Å². The van der Waals surface area contributed by atoms with E-state index in [-0.39, 0.29) is 0 Å². The highest BCUT2D eigenvalue weighted by Crippen LogP contribution is 2.59. The van der Waals surface area contributed by atoms with Gasteiger partial charge in [0.1, 0.15) is 23.2 Å². The smallest absolute Gasteiger partial charge is 0.0683 e. The number of hydrogen-bond donors (Lipinski definition) is 0. The van der Waals surface area contributed by atoms with Gasteiger partial charge in [-0.05, 0) is 50.2 Å². The average Bonchev–Trinajstić information content (AvgIpc) is 2.66. The SMILES string of the molecule is CC.CC(C)[P+](c1ccccc1)(c1ccccc1)c1ccccc1. The van der Waals surface area contributed by atoms with Crippen LogP contribution in [-0.4, -0.2) is 5.66 Å². The number of benzene rings is 3. The summed E-state index contributed by atoms with van der Waals surface area (Å²) in [5.74, 6) is 0. The summed E-state index contributed by atoms with van der Waals surface area (Å²) in [5, 5.41) is 4.38. The van der Waals surface area contributed by atoms with Crippen LogP contribution in [-0.2, 0) is 0 Å². The molecule has 3 aromatic rings. The molecule has 0 amide bonds. The lowest BCUT2D eigenvalue weighted by molar-refractivity contribution is 1.09. The summed E-state index contributed by atoms with van der Waals surface area (Å²) in [5.41, 5.74) is 0.555. The number of hydrogen-bond acceptors (Lipinski definition) is 0. The molecule has 0 bridgehead atoms. The molecule has 0 heterocycles. The largest absolute Gasteiger partial charge is 0.114 e. The Balaban J connectivity index is 0.00000100. The van der Waals surface area contributed by atoms with Gasteiger partial charge in [0.2, 0.25) is 0 Å². The summed E-state index contributed by atoms with van der Waals surface area (Å²) in [6.45, 7) is 8.72. The molecular formula is C23H28P+. The second-order valence-electron chi connectivity index (χ2n) is 5.82. The Bertz CT molecular complexity index is 606. The molecule has 0 N–H and O–H groups in total. The van der Waals surface area contributed by atoms with Gasteiger partial charge in [-0.1, -0.05) is 68.4 Å². The first-order valence-corrected chi connectivity index (χ1v) is 10.7. The maximum absolute atomic E-state index is 2.36. The zero-order chi connectivity index (χ0) is 17.4. The Hall–Kier alpha value is -1.91. The molecule has 0 fully saturated rings. The summed E-state index contributed by atoms with van der Waals surface area (Å²) in [6, 6.07) is 33.1. The second kappa shape index (κ2) is 8.81. The highest BCUT2D eigenvalue weighted by atomic mass is 31.2. The molecule has 0 aliphatic heterocycles. The fourth-order valence-electron chi connectivity index (χ4n) is 3.33. The molecule has 3 aromatic carbocycles. The zero-order valence-corrected chi connectivity index (χ0v) is 16.1. The quantitative estimate of drug-likeness (QED) is 0.559. The van der Waals surface area contributed by atoms with Crippen LogP contribution in [0.2, 0.25) is 0 Å². The van der Waals surface area contributed by atoms with Crippen molar-refractivity contribution in [1.82, 2.24) is 0 Å². The fourth-order valence-corrected chi connectivity index (χ4v) is 7.94.